The second-order valence-electron chi connectivity index (χ2n) is 5.67. The predicted molar refractivity (Wildman–Crippen MR) is 83.9 cm³/mol. The molecule has 0 aromatic carbocycles. The lowest BCUT2D eigenvalue weighted by atomic mass is 10.0. The average Bonchev–Trinajstić information content (AvgIpc) is 2.65. The van der Waals surface area contributed by atoms with Gasteiger partial charge in [0.05, 0.1) is 6.04 Å². The molecule has 5 heteroatoms. The molecule has 0 radical (unpaired) electrons. The van der Waals surface area contributed by atoms with Crippen LogP contribution in [-0.4, -0.2) is 47.9 Å². The smallest absolute Gasteiger partial charge is 0.219 e. The quantitative estimate of drug-likeness (QED) is 0.928. The van der Waals surface area contributed by atoms with E-state index in [4.69, 9.17) is 5.73 Å². The van der Waals surface area contributed by atoms with Gasteiger partial charge in [0.1, 0.15) is 0 Å². The molecule has 2 rings (SSSR count). The Morgan fingerprint density at radius 3 is 2.65 bits per heavy atom. The Kier molecular flexibility index (Phi) is 5.18. The Labute approximate surface area is 125 Å². The van der Waals surface area contributed by atoms with Crippen molar-refractivity contribution < 1.29 is 4.79 Å². The number of hydrogen-bond acceptors (Lipinski definition) is 4. The van der Waals surface area contributed by atoms with Crippen LogP contribution in [0.15, 0.2) is 11.4 Å². The topological polar surface area (TPSA) is 49.6 Å². The minimum absolute atomic E-state index is 0.0937. The van der Waals surface area contributed by atoms with Crippen LogP contribution in [0.1, 0.15) is 36.8 Å². The van der Waals surface area contributed by atoms with Crippen molar-refractivity contribution in [1.29, 1.82) is 0 Å². The normalized spacial score (nSPS) is 20.5. The zero-order valence-electron chi connectivity index (χ0n) is 12.6. The molecular weight excluding hydrogens is 270 g/mol. The van der Waals surface area contributed by atoms with Crippen molar-refractivity contribution in [2.24, 2.45) is 5.73 Å². The first-order valence-electron chi connectivity index (χ1n) is 7.30. The molecule has 1 aliphatic heterocycles. The molecule has 1 saturated heterocycles. The summed E-state index contributed by atoms with van der Waals surface area (Å²) in [6.07, 6.45) is 1.02. The highest BCUT2D eigenvalue weighted by atomic mass is 32.1. The molecule has 2 N–H and O–H groups in total. The molecule has 0 saturated carbocycles. The van der Waals surface area contributed by atoms with Crippen molar-refractivity contribution in [1.82, 2.24) is 9.80 Å². The Hall–Kier alpha value is -0.910. The van der Waals surface area contributed by atoms with Crippen LogP contribution in [-0.2, 0) is 4.79 Å². The second-order valence-corrected chi connectivity index (χ2v) is 6.62. The first-order chi connectivity index (χ1) is 9.50. The third-order valence-electron chi connectivity index (χ3n) is 4.04. The van der Waals surface area contributed by atoms with Crippen LogP contribution < -0.4 is 5.73 Å². The lowest BCUT2D eigenvalue weighted by molar-refractivity contribution is -0.128. The van der Waals surface area contributed by atoms with Gasteiger partial charge in [0.25, 0.3) is 0 Å². The second kappa shape index (κ2) is 6.70. The fraction of sp³-hybridized carbons (Fsp3) is 0.667. The molecule has 112 valence electrons. The highest BCUT2D eigenvalue weighted by molar-refractivity contribution is 7.10. The van der Waals surface area contributed by atoms with Gasteiger partial charge >= 0.3 is 0 Å². The SMILES string of the molecule is CC(=O)N1CCCN(C(c2sccc2C)C(C)N)CC1. The van der Waals surface area contributed by atoms with Gasteiger partial charge in [-0.15, -0.1) is 11.3 Å². The summed E-state index contributed by atoms with van der Waals surface area (Å²) in [5, 5.41) is 2.14. The van der Waals surface area contributed by atoms with Gasteiger partial charge in [-0.2, -0.15) is 0 Å². The molecule has 2 heterocycles. The summed E-state index contributed by atoms with van der Waals surface area (Å²) in [4.78, 5) is 17.3. The average molecular weight is 295 g/mol. The van der Waals surface area contributed by atoms with Crippen LogP contribution >= 0.6 is 11.3 Å². The van der Waals surface area contributed by atoms with Crippen molar-refractivity contribution in [2.75, 3.05) is 26.2 Å². The number of thiophene rings is 1. The van der Waals surface area contributed by atoms with E-state index in [2.05, 4.69) is 30.2 Å². The van der Waals surface area contributed by atoms with Crippen molar-refractivity contribution in [3.8, 4) is 0 Å². The van der Waals surface area contributed by atoms with Crippen LogP contribution in [0.5, 0.6) is 0 Å². The van der Waals surface area contributed by atoms with Crippen molar-refractivity contribution in [2.45, 2.75) is 39.3 Å². The summed E-state index contributed by atoms with van der Waals surface area (Å²) < 4.78 is 0. The van der Waals surface area contributed by atoms with E-state index in [1.807, 2.05) is 4.90 Å². The third kappa shape index (κ3) is 3.40. The number of rotatable bonds is 3. The molecule has 0 spiro atoms. The van der Waals surface area contributed by atoms with Crippen LogP contribution in [0.2, 0.25) is 0 Å². The molecule has 1 amide bonds. The maximum atomic E-state index is 11.5. The van der Waals surface area contributed by atoms with Gasteiger partial charge in [-0.05, 0) is 37.3 Å². The van der Waals surface area contributed by atoms with Gasteiger partial charge in [-0.3, -0.25) is 9.69 Å². The molecule has 1 aromatic heterocycles. The molecule has 1 aliphatic rings. The van der Waals surface area contributed by atoms with Crippen LogP contribution in [0, 0.1) is 6.92 Å². The fourth-order valence-corrected chi connectivity index (χ4v) is 4.13. The predicted octanol–water partition coefficient (Wildman–Crippen LogP) is 2.00. The minimum atomic E-state index is 0.0937. The number of nitrogens with two attached hydrogens (primary N) is 1. The molecular formula is C15H25N3OS. The molecule has 0 aliphatic carbocycles. The number of carbonyl (C=O) groups excluding carboxylic acids is 1. The van der Waals surface area contributed by atoms with E-state index in [0.717, 1.165) is 32.6 Å². The summed E-state index contributed by atoms with van der Waals surface area (Å²) >= 11 is 1.79. The van der Waals surface area contributed by atoms with Crippen molar-refractivity contribution in [3.63, 3.8) is 0 Å². The van der Waals surface area contributed by atoms with E-state index in [1.165, 1.54) is 10.4 Å². The molecule has 4 nitrogen and oxygen atoms in total. The Balaban J connectivity index is 2.15. The lowest BCUT2D eigenvalue weighted by Gasteiger charge is -2.33. The highest BCUT2D eigenvalue weighted by Crippen LogP contribution is 2.31. The minimum Gasteiger partial charge on any atom is -0.342 e. The first kappa shape index (κ1) is 15.5. The molecule has 20 heavy (non-hydrogen) atoms. The monoisotopic (exact) mass is 295 g/mol. The summed E-state index contributed by atoms with van der Waals surface area (Å²) in [6, 6.07) is 2.52. The van der Waals surface area contributed by atoms with Gasteiger partial charge in [-0.1, -0.05) is 0 Å². The van der Waals surface area contributed by atoms with Gasteiger partial charge in [-0.25, -0.2) is 0 Å². The molecule has 2 unspecified atom stereocenters. The molecule has 2 atom stereocenters. The van der Waals surface area contributed by atoms with Crippen LogP contribution in [0.25, 0.3) is 0 Å². The summed E-state index contributed by atoms with van der Waals surface area (Å²) in [5.74, 6) is 0.177. The van der Waals surface area contributed by atoms with E-state index >= 15 is 0 Å². The van der Waals surface area contributed by atoms with Crippen molar-refractivity contribution >= 4 is 17.2 Å². The summed E-state index contributed by atoms with van der Waals surface area (Å²) in [5.41, 5.74) is 7.58. The number of hydrogen-bond donors (Lipinski definition) is 1. The molecule has 1 aromatic rings. The largest absolute Gasteiger partial charge is 0.342 e. The van der Waals surface area contributed by atoms with Gasteiger partial charge in [0.2, 0.25) is 5.91 Å². The zero-order chi connectivity index (χ0) is 14.7. The van der Waals surface area contributed by atoms with E-state index in [0.29, 0.717) is 0 Å². The fourth-order valence-electron chi connectivity index (χ4n) is 2.96. The highest BCUT2D eigenvalue weighted by Gasteiger charge is 2.28. The van der Waals surface area contributed by atoms with Gasteiger partial charge in [0, 0.05) is 44.0 Å². The summed E-state index contributed by atoms with van der Waals surface area (Å²) in [6.45, 7) is 9.47. The Morgan fingerprint density at radius 2 is 2.10 bits per heavy atom. The van der Waals surface area contributed by atoms with Gasteiger partial charge in [0.15, 0.2) is 0 Å². The lowest BCUT2D eigenvalue weighted by Crippen LogP contribution is -2.41. The third-order valence-corrected chi connectivity index (χ3v) is 5.13. The zero-order valence-corrected chi connectivity index (χ0v) is 13.4. The van der Waals surface area contributed by atoms with Crippen LogP contribution in [0.3, 0.4) is 0 Å². The maximum absolute atomic E-state index is 11.5. The van der Waals surface area contributed by atoms with E-state index in [-0.39, 0.29) is 18.0 Å². The maximum Gasteiger partial charge on any atom is 0.219 e. The van der Waals surface area contributed by atoms with Gasteiger partial charge < -0.3 is 10.6 Å². The molecule has 1 fully saturated rings. The number of aryl methyl sites for hydroxylation is 1. The van der Waals surface area contributed by atoms with E-state index < -0.39 is 0 Å². The summed E-state index contributed by atoms with van der Waals surface area (Å²) in [7, 11) is 0. The number of amides is 1. The molecule has 0 bridgehead atoms. The van der Waals surface area contributed by atoms with E-state index in [1.54, 1.807) is 18.3 Å². The Morgan fingerprint density at radius 1 is 1.35 bits per heavy atom. The number of nitrogens with zero attached hydrogens (tertiary/aromatic N) is 2. The Bertz CT molecular complexity index is 458. The number of carbonyl (C=O) groups is 1. The first-order valence-corrected chi connectivity index (χ1v) is 8.18. The van der Waals surface area contributed by atoms with E-state index in [9.17, 15) is 4.79 Å². The van der Waals surface area contributed by atoms with Crippen molar-refractivity contribution in [3.05, 3.63) is 21.9 Å². The standard InChI is InChI=1S/C15H25N3OS/c1-11-5-10-20-15(11)14(12(2)16)18-7-4-6-17(8-9-18)13(3)19/h5,10,12,14H,4,6-9,16H2,1-3H3. The van der Waals surface area contributed by atoms with Crippen LogP contribution in [0.4, 0.5) is 0 Å².